The third-order valence-corrected chi connectivity index (χ3v) is 6.26. The minimum Gasteiger partial charge on any atom is -0.454 e. The van der Waals surface area contributed by atoms with Gasteiger partial charge >= 0.3 is 0 Å². The van der Waals surface area contributed by atoms with E-state index in [1.165, 1.54) is 18.1 Å². The van der Waals surface area contributed by atoms with E-state index in [1.807, 2.05) is 19.1 Å². The molecule has 11 heteroatoms. The maximum absolute atomic E-state index is 11.5. The van der Waals surface area contributed by atoms with Gasteiger partial charge in [0, 0.05) is 11.4 Å². The number of primary sulfonamides is 1. The van der Waals surface area contributed by atoms with Gasteiger partial charge < -0.3 is 14.0 Å². The van der Waals surface area contributed by atoms with Crippen molar-refractivity contribution < 1.29 is 17.9 Å². The van der Waals surface area contributed by atoms with Crippen LogP contribution in [0.25, 0.3) is 11.2 Å². The number of ether oxygens (including phenoxy) is 2. The number of hydrogen-bond acceptors (Lipinski definition) is 8. The number of aryl methyl sites for hydroxylation is 3. The molecular formula is C17H19N5O4S2. The lowest BCUT2D eigenvalue weighted by Gasteiger charge is -2.11. The number of nitrogens with two attached hydrogens (primary N) is 1. The van der Waals surface area contributed by atoms with Gasteiger partial charge in [-0.2, -0.15) is 0 Å². The lowest BCUT2D eigenvalue weighted by molar-refractivity contribution is 0.174. The maximum atomic E-state index is 11.5. The van der Waals surface area contributed by atoms with Crippen LogP contribution in [0.5, 0.6) is 11.5 Å². The van der Waals surface area contributed by atoms with Crippen molar-refractivity contribution in [2.45, 2.75) is 36.9 Å². The van der Waals surface area contributed by atoms with E-state index >= 15 is 0 Å². The molecule has 1 aliphatic heterocycles. The third-order valence-electron chi connectivity index (χ3n) is 4.42. The summed E-state index contributed by atoms with van der Waals surface area (Å²) in [7, 11) is -3.63. The molecule has 0 radical (unpaired) electrons. The molecule has 2 aromatic heterocycles. The number of imidazole rings is 1. The van der Waals surface area contributed by atoms with E-state index in [0.29, 0.717) is 22.1 Å². The average molecular weight is 422 g/mol. The molecule has 0 atom stereocenters. The van der Waals surface area contributed by atoms with E-state index in [2.05, 4.69) is 21.9 Å². The van der Waals surface area contributed by atoms with Gasteiger partial charge in [0.25, 0.3) is 0 Å². The van der Waals surface area contributed by atoms with Crippen LogP contribution in [0.3, 0.4) is 0 Å². The van der Waals surface area contributed by atoms with Crippen molar-refractivity contribution in [1.82, 2.24) is 19.5 Å². The monoisotopic (exact) mass is 421 g/mol. The molecule has 0 amide bonds. The molecule has 9 nitrogen and oxygen atoms in total. The third kappa shape index (κ3) is 3.64. The van der Waals surface area contributed by atoms with Crippen molar-refractivity contribution in [2.75, 3.05) is 12.5 Å². The van der Waals surface area contributed by atoms with Gasteiger partial charge in [0.1, 0.15) is 11.8 Å². The fourth-order valence-electron chi connectivity index (χ4n) is 2.96. The van der Waals surface area contributed by atoms with Gasteiger partial charge in [-0.3, -0.25) is 0 Å². The zero-order chi connectivity index (χ0) is 19.9. The van der Waals surface area contributed by atoms with E-state index in [-0.39, 0.29) is 19.1 Å². The Morgan fingerprint density at radius 2 is 2.00 bits per heavy atom. The summed E-state index contributed by atoms with van der Waals surface area (Å²) in [6.07, 6.45) is 2.24. The molecule has 1 aromatic carbocycles. The standard InChI is InChI=1S/C17H19N5O4S2/c1-3-11-6-12-13(26-9-25-12)7-14(11)27-17-21-15-10(2)19-8-20-16(15)22(17)4-5-28(18,23)24/h6-8H,3-5,9H2,1-2H3,(H2,18,23,24). The summed E-state index contributed by atoms with van der Waals surface area (Å²) in [5.74, 6) is 1.20. The quantitative estimate of drug-likeness (QED) is 0.640. The first-order chi connectivity index (χ1) is 13.4. The van der Waals surface area contributed by atoms with Crippen LogP contribution in [0.4, 0.5) is 0 Å². The first kappa shape index (κ1) is 19.0. The number of sulfonamides is 1. The summed E-state index contributed by atoms with van der Waals surface area (Å²) in [6.45, 7) is 4.25. The maximum Gasteiger partial charge on any atom is 0.231 e. The predicted octanol–water partition coefficient (Wildman–Crippen LogP) is 1.87. The molecule has 0 saturated heterocycles. The highest BCUT2D eigenvalue weighted by atomic mass is 32.2. The second kappa shape index (κ2) is 7.22. The van der Waals surface area contributed by atoms with Crippen LogP contribution < -0.4 is 14.6 Å². The fraction of sp³-hybridized carbons (Fsp3) is 0.353. The zero-order valence-corrected chi connectivity index (χ0v) is 17.0. The predicted molar refractivity (Wildman–Crippen MR) is 104 cm³/mol. The Bertz CT molecular complexity index is 1160. The molecule has 0 aliphatic carbocycles. The van der Waals surface area contributed by atoms with Crippen LogP contribution in [-0.2, 0) is 23.0 Å². The van der Waals surface area contributed by atoms with Crippen molar-refractivity contribution >= 4 is 32.9 Å². The number of nitrogens with zero attached hydrogens (tertiary/aromatic N) is 4. The largest absolute Gasteiger partial charge is 0.454 e. The smallest absolute Gasteiger partial charge is 0.231 e. The summed E-state index contributed by atoms with van der Waals surface area (Å²) >= 11 is 1.43. The molecule has 0 bridgehead atoms. The molecular weight excluding hydrogens is 402 g/mol. The normalized spacial score (nSPS) is 13.4. The molecule has 2 N–H and O–H groups in total. The van der Waals surface area contributed by atoms with E-state index < -0.39 is 10.0 Å². The van der Waals surface area contributed by atoms with Gasteiger partial charge in [0.05, 0.1) is 11.4 Å². The Morgan fingerprint density at radius 3 is 2.71 bits per heavy atom. The zero-order valence-electron chi connectivity index (χ0n) is 15.4. The number of benzene rings is 1. The van der Waals surface area contributed by atoms with Crippen molar-refractivity contribution in [3.8, 4) is 11.5 Å². The molecule has 1 aliphatic rings. The minimum absolute atomic E-state index is 0.153. The number of fused-ring (bicyclic) bond motifs is 2. The lowest BCUT2D eigenvalue weighted by Crippen LogP contribution is -2.20. The summed E-state index contributed by atoms with van der Waals surface area (Å²) < 4.78 is 35.7. The second-order valence-electron chi connectivity index (χ2n) is 6.31. The van der Waals surface area contributed by atoms with Crippen LogP contribution in [0.1, 0.15) is 18.2 Å². The molecule has 0 unspecified atom stereocenters. The molecule has 28 heavy (non-hydrogen) atoms. The SMILES string of the molecule is CCc1cc2c(cc1Sc1nc3c(C)ncnc3n1CCS(N)(=O)=O)OCO2. The Balaban J connectivity index is 1.79. The Morgan fingerprint density at radius 1 is 1.25 bits per heavy atom. The molecule has 0 spiro atoms. The first-order valence-corrected chi connectivity index (χ1v) is 11.2. The number of rotatable bonds is 6. The first-order valence-electron chi connectivity index (χ1n) is 8.64. The lowest BCUT2D eigenvalue weighted by atomic mass is 10.1. The van der Waals surface area contributed by atoms with Crippen LogP contribution in [-0.4, -0.2) is 40.5 Å². The highest BCUT2D eigenvalue weighted by molar-refractivity contribution is 7.99. The van der Waals surface area contributed by atoms with E-state index in [0.717, 1.165) is 28.3 Å². The van der Waals surface area contributed by atoms with Gasteiger partial charge in [-0.15, -0.1) is 0 Å². The van der Waals surface area contributed by atoms with E-state index in [1.54, 1.807) is 4.57 Å². The van der Waals surface area contributed by atoms with Gasteiger partial charge in [0.2, 0.25) is 16.8 Å². The number of hydrogen-bond donors (Lipinski definition) is 1. The Labute approximate surface area is 166 Å². The fourth-order valence-corrected chi connectivity index (χ4v) is 4.52. The second-order valence-corrected chi connectivity index (χ2v) is 9.06. The van der Waals surface area contributed by atoms with Gasteiger partial charge in [0.15, 0.2) is 22.3 Å². The van der Waals surface area contributed by atoms with Crippen molar-refractivity contribution in [2.24, 2.45) is 5.14 Å². The molecule has 0 fully saturated rings. The Hall–Kier alpha value is -2.37. The Kier molecular flexibility index (Phi) is 4.89. The summed E-state index contributed by atoms with van der Waals surface area (Å²) in [5, 5.41) is 5.83. The van der Waals surface area contributed by atoms with E-state index in [9.17, 15) is 8.42 Å². The van der Waals surface area contributed by atoms with Crippen molar-refractivity contribution in [3.05, 3.63) is 29.7 Å². The molecule has 3 heterocycles. The van der Waals surface area contributed by atoms with Crippen LogP contribution in [0, 0.1) is 6.92 Å². The van der Waals surface area contributed by atoms with Crippen LogP contribution >= 0.6 is 11.8 Å². The van der Waals surface area contributed by atoms with Crippen molar-refractivity contribution in [1.29, 1.82) is 0 Å². The van der Waals surface area contributed by atoms with E-state index in [4.69, 9.17) is 14.6 Å². The minimum atomic E-state index is -3.63. The molecule has 0 saturated carbocycles. The highest BCUT2D eigenvalue weighted by Crippen LogP contribution is 2.41. The topological polar surface area (TPSA) is 122 Å². The van der Waals surface area contributed by atoms with Gasteiger partial charge in [-0.25, -0.2) is 28.5 Å². The van der Waals surface area contributed by atoms with Gasteiger partial charge in [-0.05, 0) is 31.0 Å². The summed E-state index contributed by atoms with van der Waals surface area (Å²) in [4.78, 5) is 14.1. The van der Waals surface area contributed by atoms with Crippen LogP contribution in [0.2, 0.25) is 0 Å². The van der Waals surface area contributed by atoms with Crippen LogP contribution in [0.15, 0.2) is 28.5 Å². The van der Waals surface area contributed by atoms with Crippen molar-refractivity contribution in [3.63, 3.8) is 0 Å². The van der Waals surface area contributed by atoms with Gasteiger partial charge in [-0.1, -0.05) is 18.7 Å². The highest BCUT2D eigenvalue weighted by Gasteiger charge is 2.21. The summed E-state index contributed by atoms with van der Waals surface area (Å²) in [6, 6.07) is 3.89. The molecule has 3 aromatic rings. The summed E-state index contributed by atoms with van der Waals surface area (Å²) in [5.41, 5.74) is 3.03. The number of aromatic nitrogens is 4. The molecule has 4 rings (SSSR count). The average Bonchev–Trinajstić information content (AvgIpc) is 3.23. The molecule has 148 valence electrons.